The van der Waals surface area contributed by atoms with Gasteiger partial charge in [0.15, 0.2) is 0 Å². The van der Waals surface area contributed by atoms with E-state index in [4.69, 9.17) is 21.3 Å². The minimum atomic E-state index is 0.101. The molecule has 2 aromatic heterocycles. The SMILES string of the molecule is Cc1ncc(CCCCC2(c3ccccn3)CCOC3(CCCC3)C2)cc1Cl. The van der Waals surface area contributed by atoms with Gasteiger partial charge in [0, 0.05) is 30.1 Å². The number of unbranched alkanes of at least 4 members (excludes halogenated alkanes) is 1. The highest BCUT2D eigenvalue weighted by Crippen LogP contribution is 2.50. The fourth-order valence-corrected chi connectivity index (χ4v) is 5.46. The van der Waals surface area contributed by atoms with E-state index in [1.807, 2.05) is 25.4 Å². The van der Waals surface area contributed by atoms with Gasteiger partial charge in [-0.2, -0.15) is 0 Å². The summed E-state index contributed by atoms with van der Waals surface area (Å²) in [5, 5.41) is 0.773. The summed E-state index contributed by atoms with van der Waals surface area (Å²) < 4.78 is 6.35. The van der Waals surface area contributed by atoms with Crippen molar-refractivity contribution in [3.63, 3.8) is 0 Å². The first-order valence-corrected chi connectivity index (χ1v) is 11.2. The van der Waals surface area contributed by atoms with Crippen LogP contribution in [-0.2, 0) is 16.6 Å². The summed E-state index contributed by atoms with van der Waals surface area (Å²) in [4.78, 5) is 9.20. The summed E-state index contributed by atoms with van der Waals surface area (Å²) in [7, 11) is 0. The summed E-state index contributed by atoms with van der Waals surface area (Å²) in [5.74, 6) is 0. The molecule has 3 heterocycles. The van der Waals surface area contributed by atoms with E-state index in [1.165, 1.54) is 49.8 Å². The highest BCUT2D eigenvalue weighted by atomic mass is 35.5. The molecule has 2 aliphatic rings. The van der Waals surface area contributed by atoms with Gasteiger partial charge in [-0.1, -0.05) is 36.9 Å². The molecule has 1 spiro atoms. The van der Waals surface area contributed by atoms with Crippen LogP contribution in [0.15, 0.2) is 36.7 Å². The normalized spacial score (nSPS) is 23.9. The second kappa shape index (κ2) is 8.51. The zero-order chi connectivity index (χ0) is 19.5. The second-order valence-electron chi connectivity index (χ2n) is 8.78. The van der Waals surface area contributed by atoms with Crippen LogP contribution >= 0.6 is 11.6 Å². The van der Waals surface area contributed by atoms with Crippen LogP contribution in [0.1, 0.15) is 74.7 Å². The zero-order valence-electron chi connectivity index (χ0n) is 16.9. The lowest BCUT2D eigenvalue weighted by Crippen LogP contribution is -2.46. The molecule has 0 N–H and O–H groups in total. The van der Waals surface area contributed by atoms with Gasteiger partial charge in [-0.25, -0.2) is 0 Å². The van der Waals surface area contributed by atoms with Gasteiger partial charge in [-0.15, -0.1) is 0 Å². The lowest BCUT2D eigenvalue weighted by Gasteiger charge is -2.46. The molecule has 0 bridgehead atoms. The van der Waals surface area contributed by atoms with Crippen LogP contribution in [0, 0.1) is 6.92 Å². The molecule has 1 atom stereocenters. The van der Waals surface area contributed by atoms with E-state index in [-0.39, 0.29) is 11.0 Å². The molecule has 0 radical (unpaired) electrons. The standard InChI is InChI=1S/C24H31ClN2O/c1-19-21(25)16-20(17-27-19)8-2-4-10-23(22-9-3-7-14-26-22)13-15-28-24(18-23)11-5-6-12-24/h3,7,9,14,16-17H,2,4-6,8,10-13,15,18H2,1H3. The third kappa shape index (κ3) is 4.26. The van der Waals surface area contributed by atoms with Crippen LogP contribution in [0.25, 0.3) is 0 Å². The van der Waals surface area contributed by atoms with Crippen molar-refractivity contribution in [3.05, 3.63) is 58.6 Å². The Labute approximate surface area is 173 Å². The zero-order valence-corrected chi connectivity index (χ0v) is 17.7. The number of ether oxygens (including phenoxy) is 1. The van der Waals surface area contributed by atoms with Crippen molar-refractivity contribution in [1.29, 1.82) is 0 Å². The average molecular weight is 399 g/mol. The van der Waals surface area contributed by atoms with Crippen molar-refractivity contribution in [3.8, 4) is 0 Å². The lowest BCUT2D eigenvalue weighted by molar-refractivity contribution is -0.104. The Balaban J connectivity index is 1.45. The number of hydrogen-bond donors (Lipinski definition) is 0. The summed E-state index contributed by atoms with van der Waals surface area (Å²) in [6.45, 7) is 2.82. The highest BCUT2D eigenvalue weighted by molar-refractivity contribution is 6.31. The smallest absolute Gasteiger partial charge is 0.0691 e. The maximum atomic E-state index is 6.35. The molecule has 1 aliphatic heterocycles. The third-order valence-electron chi connectivity index (χ3n) is 6.83. The van der Waals surface area contributed by atoms with Crippen molar-refractivity contribution < 1.29 is 4.74 Å². The first-order valence-electron chi connectivity index (χ1n) is 10.8. The van der Waals surface area contributed by atoms with Crippen molar-refractivity contribution in [2.75, 3.05) is 6.61 Å². The van der Waals surface area contributed by atoms with Crippen LogP contribution < -0.4 is 0 Å². The molecule has 1 saturated heterocycles. The van der Waals surface area contributed by atoms with E-state index < -0.39 is 0 Å². The molecular formula is C24H31ClN2O. The molecule has 1 unspecified atom stereocenters. The minimum absolute atomic E-state index is 0.101. The molecule has 1 aliphatic carbocycles. The number of hydrogen-bond acceptors (Lipinski definition) is 3. The first-order chi connectivity index (χ1) is 13.6. The molecule has 2 fully saturated rings. The van der Waals surface area contributed by atoms with Crippen LogP contribution in [0.5, 0.6) is 0 Å². The molecule has 0 amide bonds. The number of pyridine rings is 2. The van der Waals surface area contributed by atoms with Crippen molar-refractivity contribution in [2.45, 2.75) is 82.1 Å². The Hall–Kier alpha value is -1.45. The third-order valence-corrected chi connectivity index (χ3v) is 7.21. The van der Waals surface area contributed by atoms with Gasteiger partial charge in [0.25, 0.3) is 0 Å². The Morgan fingerprint density at radius 3 is 2.71 bits per heavy atom. The molecule has 4 rings (SSSR count). The van der Waals surface area contributed by atoms with Crippen LogP contribution in [0.4, 0.5) is 0 Å². The summed E-state index contributed by atoms with van der Waals surface area (Å²) >= 11 is 6.24. The van der Waals surface area contributed by atoms with Crippen LogP contribution in [-0.4, -0.2) is 22.2 Å². The van der Waals surface area contributed by atoms with Crippen molar-refractivity contribution >= 4 is 11.6 Å². The fraction of sp³-hybridized carbons (Fsp3) is 0.583. The highest BCUT2D eigenvalue weighted by Gasteiger charge is 2.48. The number of aryl methyl sites for hydroxylation is 2. The average Bonchev–Trinajstić information content (AvgIpc) is 3.16. The van der Waals surface area contributed by atoms with Gasteiger partial charge in [0.05, 0.1) is 16.3 Å². The second-order valence-corrected chi connectivity index (χ2v) is 9.19. The Morgan fingerprint density at radius 2 is 1.96 bits per heavy atom. The molecule has 1 saturated carbocycles. The number of rotatable bonds is 6. The monoisotopic (exact) mass is 398 g/mol. The van der Waals surface area contributed by atoms with E-state index >= 15 is 0 Å². The molecule has 150 valence electrons. The summed E-state index contributed by atoms with van der Waals surface area (Å²) in [6.07, 6.45) is 15.8. The maximum Gasteiger partial charge on any atom is 0.0691 e. The van der Waals surface area contributed by atoms with Gasteiger partial charge in [0.2, 0.25) is 0 Å². The number of halogens is 1. The van der Waals surface area contributed by atoms with E-state index in [1.54, 1.807) is 0 Å². The Bertz CT molecular complexity index is 788. The van der Waals surface area contributed by atoms with E-state index in [0.717, 1.165) is 43.0 Å². The van der Waals surface area contributed by atoms with Crippen molar-refractivity contribution in [1.82, 2.24) is 9.97 Å². The Morgan fingerprint density at radius 1 is 1.11 bits per heavy atom. The summed E-state index contributed by atoms with van der Waals surface area (Å²) in [5.41, 5.74) is 3.67. The fourth-order valence-electron chi connectivity index (χ4n) is 5.27. The molecule has 2 aromatic rings. The van der Waals surface area contributed by atoms with Crippen LogP contribution in [0.3, 0.4) is 0 Å². The largest absolute Gasteiger partial charge is 0.375 e. The minimum Gasteiger partial charge on any atom is -0.375 e. The predicted octanol–water partition coefficient (Wildman–Crippen LogP) is 6.21. The number of aromatic nitrogens is 2. The van der Waals surface area contributed by atoms with E-state index in [2.05, 4.69) is 23.2 Å². The predicted molar refractivity (Wildman–Crippen MR) is 114 cm³/mol. The van der Waals surface area contributed by atoms with Gasteiger partial charge >= 0.3 is 0 Å². The van der Waals surface area contributed by atoms with E-state index in [0.29, 0.717) is 0 Å². The van der Waals surface area contributed by atoms with Gasteiger partial charge in [0.1, 0.15) is 0 Å². The molecule has 0 aromatic carbocycles. The lowest BCUT2D eigenvalue weighted by atomic mass is 9.67. The van der Waals surface area contributed by atoms with Gasteiger partial charge in [-0.05, 0) is 75.6 Å². The van der Waals surface area contributed by atoms with Gasteiger partial charge < -0.3 is 4.74 Å². The molecular weight excluding hydrogens is 368 g/mol. The van der Waals surface area contributed by atoms with Crippen LogP contribution in [0.2, 0.25) is 5.02 Å². The molecule has 4 heteroatoms. The van der Waals surface area contributed by atoms with E-state index in [9.17, 15) is 0 Å². The van der Waals surface area contributed by atoms with Gasteiger partial charge in [-0.3, -0.25) is 9.97 Å². The van der Waals surface area contributed by atoms with Crippen molar-refractivity contribution in [2.24, 2.45) is 0 Å². The Kier molecular flexibility index (Phi) is 6.03. The quantitative estimate of drug-likeness (QED) is 0.542. The number of nitrogens with zero attached hydrogens (tertiary/aromatic N) is 2. The molecule has 28 heavy (non-hydrogen) atoms. The first kappa shape index (κ1) is 19.8. The molecule has 3 nitrogen and oxygen atoms in total. The maximum absolute atomic E-state index is 6.35. The summed E-state index contributed by atoms with van der Waals surface area (Å²) in [6, 6.07) is 8.47. The topological polar surface area (TPSA) is 35.0 Å².